The third kappa shape index (κ3) is 2.51. The standard InChI is InChI=1S/C13H12F2N4O/c1-9(5-16)13(20,6-19-8-17-7-18-19)11-4-10(14)2-3-12(11)15/h2-4,7-9,20H,6H2,1H3. The Bertz CT molecular complexity index is 638. The molecule has 0 radical (unpaired) electrons. The molecule has 20 heavy (non-hydrogen) atoms. The summed E-state index contributed by atoms with van der Waals surface area (Å²) in [5, 5.41) is 23.6. The zero-order valence-corrected chi connectivity index (χ0v) is 10.7. The number of hydrogen-bond donors (Lipinski definition) is 1. The van der Waals surface area contributed by atoms with E-state index in [1.165, 1.54) is 24.3 Å². The second-order valence-corrected chi connectivity index (χ2v) is 4.49. The lowest BCUT2D eigenvalue weighted by Gasteiger charge is -2.31. The van der Waals surface area contributed by atoms with Gasteiger partial charge >= 0.3 is 0 Å². The van der Waals surface area contributed by atoms with E-state index in [-0.39, 0.29) is 12.1 Å². The van der Waals surface area contributed by atoms with Crippen molar-refractivity contribution in [2.24, 2.45) is 5.92 Å². The van der Waals surface area contributed by atoms with E-state index >= 15 is 0 Å². The van der Waals surface area contributed by atoms with Crippen LogP contribution in [0.25, 0.3) is 0 Å². The molecule has 2 aromatic rings. The fraction of sp³-hybridized carbons (Fsp3) is 0.308. The molecule has 1 aromatic heterocycles. The number of nitrogens with zero attached hydrogens (tertiary/aromatic N) is 4. The average molecular weight is 278 g/mol. The summed E-state index contributed by atoms with van der Waals surface area (Å²) in [5.74, 6) is -2.44. The van der Waals surface area contributed by atoms with Gasteiger partial charge in [0.15, 0.2) is 0 Å². The fourth-order valence-electron chi connectivity index (χ4n) is 1.95. The summed E-state index contributed by atoms with van der Waals surface area (Å²) in [4.78, 5) is 3.72. The minimum Gasteiger partial charge on any atom is -0.382 e. The van der Waals surface area contributed by atoms with Crippen LogP contribution in [0.5, 0.6) is 0 Å². The Morgan fingerprint density at radius 3 is 2.85 bits per heavy atom. The first kappa shape index (κ1) is 14.1. The van der Waals surface area contributed by atoms with Crippen molar-refractivity contribution in [2.75, 3.05) is 0 Å². The number of benzene rings is 1. The Balaban J connectivity index is 2.52. The highest BCUT2D eigenvalue weighted by atomic mass is 19.1. The van der Waals surface area contributed by atoms with Gasteiger partial charge in [-0.3, -0.25) is 0 Å². The highest BCUT2D eigenvalue weighted by Crippen LogP contribution is 2.33. The predicted molar refractivity (Wildman–Crippen MR) is 65.1 cm³/mol. The summed E-state index contributed by atoms with van der Waals surface area (Å²) in [7, 11) is 0. The van der Waals surface area contributed by atoms with E-state index in [0.717, 1.165) is 18.2 Å². The molecule has 0 bridgehead atoms. The Morgan fingerprint density at radius 2 is 2.25 bits per heavy atom. The van der Waals surface area contributed by atoms with Crippen LogP contribution >= 0.6 is 0 Å². The van der Waals surface area contributed by atoms with Gasteiger partial charge in [0.2, 0.25) is 0 Å². The minimum atomic E-state index is -1.91. The van der Waals surface area contributed by atoms with Gasteiger partial charge in [-0.1, -0.05) is 0 Å². The summed E-state index contributed by atoms with van der Waals surface area (Å²) in [6.45, 7) is 1.23. The predicted octanol–water partition coefficient (Wildman–Crippen LogP) is 1.60. The molecule has 5 nitrogen and oxygen atoms in total. The molecular weight excluding hydrogens is 266 g/mol. The van der Waals surface area contributed by atoms with Gasteiger partial charge in [0, 0.05) is 5.56 Å². The van der Waals surface area contributed by atoms with Crippen molar-refractivity contribution >= 4 is 0 Å². The van der Waals surface area contributed by atoms with E-state index in [4.69, 9.17) is 5.26 Å². The highest BCUT2D eigenvalue weighted by Gasteiger charge is 2.39. The molecule has 7 heteroatoms. The molecule has 1 heterocycles. The van der Waals surface area contributed by atoms with Gasteiger partial charge in [0.25, 0.3) is 0 Å². The first-order chi connectivity index (χ1) is 9.47. The summed E-state index contributed by atoms with van der Waals surface area (Å²) in [5.41, 5.74) is -2.18. The number of aromatic nitrogens is 3. The van der Waals surface area contributed by atoms with Crippen molar-refractivity contribution in [1.29, 1.82) is 5.26 Å². The largest absolute Gasteiger partial charge is 0.382 e. The summed E-state index contributed by atoms with van der Waals surface area (Å²) in [6, 6.07) is 4.62. The van der Waals surface area contributed by atoms with E-state index in [2.05, 4.69) is 10.1 Å². The molecule has 2 unspecified atom stereocenters. The van der Waals surface area contributed by atoms with Crippen LogP contribution in [0, 0.1) is 28.9 Å². The van der Waals surface area contributed by atoms with Crippen LogP contribution in [0.1, 0.15) is 12.5 Å². The molecule has 2 atom stereocenters. The van der Waals surface area contributed by atoms with E-state index in [1.54, 1.807) is 0 Å². The number of nitriles is 1. The molecule has 1 aromatic carbocycles. The molecule has 104 valence electrons. The quantitative estimate of drug-likeness (QED) is 0.921. The normalized spacial score (nSPS) is 15.3. The zero-order chi connectivity index (χ0) is 14.8. The summed E-state index contributed by atoms with van der Waals surface area (Å²) in [6.07, 6.45) is 2.58. The van der Waals surface area contributed by atoms with Gasteiger partial charge in [-0.15, -0.1) is 0 Å². The lowest BCUT2D eigenvalue weighted by molar-refractivity contribution is -0.0199. The van der Waals surface area contributed by atoms with Gasteiger partial charge in [-0.2, -0.15) is 10.4 Å². The van der Waals surface area contributed by atoms with Crippen molar-refractivity contribution in [1.82, 2.24) is 14.8 Å². The van der Waals surface area contributed by atoms with Gasteiger partial charge in [0.1, 0.15) is 29.9 Å². The number of hydrogen-bond acceptors (Lipinski definition) is 4. The number of halogens is 2. The lowest BCUT2D eigenvalue weighted by Crippen LogP contribution is -2.38. The third-order valence-corrected chi connectivity index (χ3v) is 3.17. The van der Waals surface area contributed by atoms with E-state index in [9.17, 15) is 13.9 Å². The maximum atomic E-state index is 13.9. The maximum absolute atomic E-state index is 13.9. The molecule has 0 aliphatic heterocycles. The van der Waals surface area contributed by atoms with Gasteiger partial charge in [-0.05, 0) is 25.1 Å². The highest BCUT2D eigenvalue weighted by molar-refractivity contribution is 5.27. The van der Waals surface area contributed by atoms with Crippen LogP contribution in [-0.2, 0) is 12.1 Å². The lowest BCUT2D eigenvalue weighted by atomic mass is 9.82. The van der Waals surface area contributed by atoms with Crippen molar-refractivity contribution in [3.8, 4) is 6.07 Å². The first-order valence-corrected chi connectivity index (χ1v) is 5.87. The molecule has 1 N–H and O–H groups in total. The SMILES string of the molecule is CC(C#N)C(O)(Cn1cncn1)c1cc(F)ccc1F. The van der Waals surface area contributed by atoms with E-state index in [0.29, 0.717) is 0 Å². The van der Waals surface area contributed by atoms with E-state index < -0.39 is 23.2 Å². The van der Waals surface area contributed by atoms with Gasteiger partial charge < -0.3 is 5.11 Å². The summed E-state index contributed by atoms with van der Waals surface area (Å²) < 4.78 is 28.5. The third-order valence-electron chi connectivity index (χ3n) is 3.17. The van der Waals surface area contributed by atoms with Crippen LogP contribution in [0.4, 0.5) is 8.78 Å². The van der Waals surface area contributed by atoms with E-state index in [1.807, 2.05) is 6.07 Å². The van der Waals surface area contributed by atoms with Crippen molar-refractivity contribution in [3.05, 3.63) is 48.1 Å². The first-order valence-electron chi connectivity index (χ1n) is 5.87. The minimum absolute atomic E-state index is 0.206. The molecule has 0 saturated carbocycles. The monoisotopic (exact) mass is 278 g/mol. The molecular formula is C13H12F2N4O. The Labute approximate surface area is 114 Å². The number of aliphatic hydroxyl groups is 1. The van der Waals surface area contributed by atoms with Crippen LogP contribution in [0.15, 0.2) is 30.9 Å². The second kappa shape index (κ2) is 5.35. The second-order valence-electron chi connectivity index (χ2n) is 4.49. The van der Waals surface area contributed by atoms with Gasteiger partial charge in [-0.25, -0.2) is 18.4 Å². The summed E-state index contributed by atoms with van der Waals surface area (Å²) >= 11 is 0. The molecule has 0 fully saturated rings. The fourth-order valence-corrected chi connectivity index (χ4v) is 1.95. The average Bonchev–Trinajstić information content (AvgIpc) is 2.93. The van der Waals surface area contributed by atoms with Gasteiger partial charge in [0.05, 0.1) is 18.5 Å². The molecule has 0 aliphatic rings. The van der Waals surface area contributed by atoms with Crippen LogP contribution < -0.4 is 0 Å². The molecule has 0 saturated heterocycles. The molecule has 0 aliphatic carbocycles. The van der Waals surface area contributed by atoms with Crippen LogP contribution in [0.2, 0.25) is 0 Å². The van der Waals surface area contributed by atoms with Crippen LogP contribution in [-0.4, -0.2) is 19.9 Å². The van der Waals surface area contributed by atoms with Crippen molar-refractivity contribution < 1.29 is 13.9 Å². The van der Waals surface area contributed by atoms with Crippen molar-refractivity contribution in [3.63, 3.8) is 0 Å². The topological polar surface area (TPSA) is 74.7 Å². The number of rotatable bonds is 4. The molecule has 2 rings (SSSR count). The molecule has 0 spiro atoms. The van der Waals surface area contributed by atoms with Crippen LogP contribution in [0.3, 0.4) is 0 Å². The van der Waals surface area contributed by atoms with Crippen molar-refractivity contribution in [2.45, 2.75) is 19.1 Å². The Kier molecular flexibility index (Phi) is 3.77. The Hall–Kier alpha value is -2.33. The smallest absolute Gasteiger partial charge is 0.137 e. The zero-order valence-electron chi connectivity index (χ0n) is 10.7. The molecule has 0 amide bonds. The maximum Gasteiger partial charge on any atom is 0.137 e. The Morgan fingerprint density at radius 1 is 1.50 bits per heavy atom.